The summed E-state index contributed by atoms with van der Waals surface area (Å²) in [7, 11) is 0. The number of imide groups is 1. The van der Waals surface area contributed by atoms with Gasteiger partial charge in [0.1, 0.15) is 6.04 Å². The largest absolute Gasteiger partial charge is 0.326 e. The Morgan fingerprint density at radius 2 is 2.00 bits per heavy atom. The van der Waals surface area contributed by atoms with Crippen LogP contribution >= 0.6 is 0 Å². The Kier molecular flexibility index (Phi) is 3.92. The summed E-state index contributed by atoms with van der Waals surface area (Å²) in [5, 5.41) is 2.71. The maximum atomic E-state index is 11.7. The van der Waals surface area contributed by atoms with Crippen molar-refractivity contribution in [1.29, 1.82) is 0 Å². The first-order valence-corrected chi connectivity index (χ1v) is 5.32. The monoisotopic (exact) mass is 198 g/mol. The predicted octanol–water partition coefficient (Wildman–Crippen LogP) is 1.51. The maximum absolute atomic E-state index is 11.7. The summed E-state index contributed by atoms with van der Waals surface area (Å²) < 4.78 is 0. The van der Waals surface area contributed by atoms with Gasteiger partial charge < -0.3 is 5.32 Å². The first-order valence-electron chi connectivity index (χ1n) is 5.32. The van der Waals surface area contributed by atoms with Gasteiger partial charge in [-0.1, -0.05) is 26.7 Å². The zero-order valence-electron chi connectivity index (χ0n) is 8.88. The highest BCUT2D eigenvalue weighted by Crippen LogP contribution is 2.12. The third kappa shape index (κ3) is 2.25. The van der Waals surface area contributed by atoms with Crippen molar-refractivity contribution in [3.63, 3.8) is 0 Å². The highest BCUT2D eigenvalue weighted by atomic mass is 16.2. The van der Waals surface area contributed by atoms with Crippen molar-refractivity contribution in [3.05, 3.63) is 0 Å². The van der Waals surface area contributed by atoms with Crippen LogP contribution in [0, 0.1) is 0 Å². The second-order valence-electron chi connectivity index (χ2n) is 3.63. The number of urea groups is 1. The second kappa shape index (κ2) is 4.98. The van der Waals surface area contributed by atoms with Crippen LogP contribution < -0.4 is 5.32 Å². The molecular weight excluding hydrogens is 180 g/mol. The highest BCUT2D eigenvalue weighted by Gasteiger charge is 2.36. The van der Waals surface area contributed by atoms with Crippen molar-refractivity contribution in [2.24, 2.45) is 0 Å². The first-order chi connectivity index (χ1) is 6.70. The average molecular weight is 198 g/mol. The minimum absolute atomic E-state index is 0.0506. The lowest BCUT2D eigenvalue weighted by molar-refractivity contribution is -0.127. The van der Waals surface area contributed by atoms with E-state index in [4.69, 9.17) is 0 Å². The summed E-state index contributed by atoms with van der Waals surface area (Å²) in [6.45, 7) is 4.57. The van der Waals surface area contributed by atoms with E-state index in [9.17, 15) is 9.59 Å². The van der Waals surface area contributed by atoms with Crippen LogP contribution in [0.2, 0.25) is 0 Å². The molecular formula is C10H18N2O2. The van der Waals surface area contributed by atoms with Gasteiger partial charge in [0.05, 0.1) is 0 Å². The Balaban J connectivity index is 2.51. The van der Waals surface area contributed by atoms with E-state index in [2.05, 4.69) is 12.2 Å². The molecule has 1 saturated heterocycles. The predicted molar refractivity (Wildman–Crippen MR) is 53.8 cm³/mol. The normalized spacial score (nSPS) is 21.6. The van der Waals surface area contributed by atoms with Crippen LogP contribution in [0.25, 0.3) is 0 Å². The van der Waals surface area contributed by atoms with Gasteiger partial charge in [-0.25, -0.2) is 4.79 Å². The standard InChI is InChI=1S/C10H18N2O2/c1-3-5-6-8-9(13)12(7-4-2)10(14)11-8/h8H,3-7H2,1-2H3,(H,11,14). The van der Waals surface area contributed by atoms with E-state index in [-0.39, 0.29) is 18.0 Å². The van der Waals surface area contributed by atoms with Gasteiger partial charge in [-0.05, 0) is 12.8 Å². The molecule has 1 atom stereocenters. The number of unbranched alkanes of at least 4 members (excludes halogenated alkanes) is 1. The molecule has 0 aromatic rings. The Morgan fingerprint density at radius 1 is 1.29 bits per heavy atom. The fourth-order valence-corrected chi connectivity index (χ4v) is 1.62. The summed E-state index contributed by atoms with van der Waals surface area (Å²) in [5.74, 6) is -0.0506. The molecule has 1 N–H and O–H groups in total. The van der Waals surface area contributed by atoms with Gasteiger partial charge in [0, 0.05) is 6.54 Å². The van der Waals surface area contributed by atoms with E-state index < -0.39 is 0 Å². The number of hydrogen-bond acceptors (Lipinski definition) is 2. The van der Waals surface area contributed by atoms with Crippen molar-refractivity contribution in [2.75, 3.05) is 6.54 Å². The van der Waals surface area contributed by atoms with Crippen LogP contribution in [-0.2, 0) is 4.79 Å². The Labute approximate surface area is 84.7 Å². The molecule has 0 aliphatic carbocycles. The molecule has 1 fully saturated rings. The molecule has 1 aliphatic heterocycles. The lowest BCUT2D eigenvalue weighted by Crippen LogP contribution is -2.32. The molecule has 1 rings (SSSR count). The fourth-order valence-electron chi connectivity index (χ4n) is 1.62. The van der Waals surface area contributed by atoms with E-state index in [1.54, 1.807) is 0 Å². The van der Waals surface area contributed by atoms with Crippen molar-refractivity contribution < 1.29 is 9.59 Å². The van der Waals surface area contributed by atoms with Gasteiger partial charge in [-0.2, -0.15) is 0 Å². The number of carbonyl (C=O) groups is 2. The van der Waals surface area contributed by atoms with E-state index >= 15 is 0 Å². The first kappa shape index (κ1) is 11.0. The summed E-state index contributed by atoms with van der Waals surface area (Å²) in [6.07, 6.45) is 3.62. The smallest absolute Gasteiger partial charge is 0.324 e. The molecule has 0 bridgehead atoms. The number of nitrogens with zero attached hydrogens (tertiary/aromatic N) is 1. The van der Waals surface area contributed by atoms with Crippen LogP contribution in [0.15, 0.2) is 0 Å². The molecule has 4 heteroatoms. The van der Waals surface area contributed by atoms with Gasteiger partial charge in [0.15, 0.2) is 0 Å². The zero-order valence-corrected chi connectivity index (χ0v) is 8.88. The van der Waals surface area contributed by atoms with Gasteiger partial charge in [-0.15, -0.1) is 0 Å². The van der Waals surface area contributed by atoms with Crippen LogP contribution in [-0.4, -0.2) is 29.4 Å². The second-order valence-corrected chi connectivity index (χ2v) is 3.63. The molecule has 4 nitrogen and oxygen atoms in total. The minimum atomic E-state index is -0.269. The van der Waals surface area contributed by atoms with Crippen molar-refractivity contribution in [2.45, 2.75) is 45.6 Å². The highest BCUT2D eigenvalue weighted by molar-refractivity contribution is 6.04. The molecule has 0 saturated carbocycles. The van der Waals surface area contributed by atoms with Crippen molar-refractivity contribution in [1.82, 2.24) is 10.2 Å². The molecule has 1 heterocycles. The molecule has 0 aromatic carbocycles. The molecule has 3 amide bonds. The van der Waals surface area contributed by atoms with Crippen molar-refractivity contribution >= 4 is 11.9 Å². The summed E-state index contributed by atoms with van der Waals surface area (Å²) in [5.41, 5.74) is 0. The SMILES string of the molecule is CCCCC1NC(=O)N(CCC)C1=O. The zero-order chi connectivity index (χ0) is 10.6. The Hall–Kier alpha value is -1.06. The number of carbonyl (C=O) groups excluding carboxylic acids is 2. The van der Waals surface area contributed by atoms with Gasteiger partial charge in [0.2, 0.25) is 0 Å². The lowest BCUT2D eigenvalue weighted by Gasteiger charge is -2.10. The minimum Gasteiger partial charge on any atom is -0.326 e. The maximum Gasteiger partial charge on any atom is 0.324 e. The number of nitrogens with one attached hydrogen (secondary N) is 1. The molecule has 0 aromatic heterocycles. The number of hydrogen-bond donors (Lipinski definition) is 1. The number of rotatable bonds is 5. The van der Waals surface area contributed by atoms with E-state index in [1.807, 2.05) is 6.92 Å². The molecule has 14 heavy (non-hydrogen) atoms. The van der Waals surface area contributed by atoms with Gasteiger partial charge in [-0.3, -0.25) is 9.69 Å². The molecule has 80 valence electrons. The van der Waals surface area contributed by atoms with Crippen molar-refractivity contribution in [3.8, 4) is 0 Å². The summed E-state index contributed by atoms with van der Waals surface area (Å²) in [4.78, 5) is 24.3. The Morgan fingerprint density at radius 3 is 2.57 bits per heavy atom. The molecule has 0 radical (unpaired) electrons. The topological polar surface area (TPSA) is 49.4 Å². The van der Waals surface area contributed by atoms with Gasteiger partial charge in [0.25, 0.3) is 5.91 Å². The van der Waals surface area contributed by atoms with Crippen LogP contribution in [0.3, 0.4) is 0 Å². The molecule has 1 aliphatic rings. The lowest BCUT2D eigenvalue weighted by atomic mass is 10.1. The van der Waals surface area contributed by atoms with E-state index in [1.165, 1.54) is 4.90 Å². The summed E-state index contributed by atoms with van der Waals surface area (Å²) >= 11 is 0. The fraction of sp³-hybridized carbons (Fsp3) is 0.800. The molecule has 0 spiro atoms. The average Bonchev–Trinajstić information content (AvgIpc) is 2.43. The number of amides is 3. The molecule has 1 unspecified atom stereocenters. The summed E-state index contributed by atoms with van der Waals surface area (Å²) in [6, 6.07) is -0.494. The van der Waals surface area contributed by atoms with Crippen LogP contribution in [0.5, 0.6) is 0 Å². The quantitative estimate of drug-likeness (QED) is 0.681. The van der Waals surface area contributed by atoms with E-state index in [0.29, 0.717) is 6.54 Å². The Bertz CT molecular complexity index is 228. The third-order valence-corrected chi connectivity index (χ3v) is 2.40. The van der Waals surface area contributed by atoms with Crippen LogP contribution in [0.1, 0.15) is 39.5 Å². The van der Waals surface area contributed by atoms with E-state index in [0.717, 1.165) is 25.7 Å². The third-order valence-electron chi connectivity index (χ3n) is 2.40. The van der Waals surface area contributed by atoms with Gasteiger partial charge >= 0.3 is 6.03 Å². The van der Waals surface area contributed by atoms with Crippen LogP contribution in [0.4, 0.5) is 4.79 Å².